The van der Waals surface area contributed by atoms with Crippen LogP contribution in [0.3, 0.4) is 0 Å². The third-order valence-electron chi connectivity index (χ3n) is 3.71. The zero-order valence-electron chi connectivity index (χ0n) is 11.5. The summed E-state index contributed by atoms with van der Waals surface area (Å²) in [5.74, 6) is -0.261. The van der Waals surface area contributed by atoms with Crippen molar-refractivity contribution in [1.82, 2.24) is 5.32 Å². The lowest BCUT2D eigenvalue weighted by Crippen LogP contribution is -2.33. The summed E-state index contributed by atoms with van der Waals surface area (Å²) in [4.78, 5) is 22.5. The van der Waals surface area contributed by atoms with Crippen LogP contribution >= 0.6 is 15.9 Å². The number of hydrogen-bond acceptors (Lipinski definition) is 3. The fraction of sp³-hybridized carbons (Fsp3) is 0.500. The molecule has 0 heterocycles. The van der Waals surface area contributed by atoms with Crippen LogP contribution in [0.15, 0.2) is 22.7 Å². The zero-order valence-corrected chi connectivity index (χ0v) is 13.1. The van der Waals surface area contributed by atoms with Crippen LogP contribution in [-0.2, 0) is 0 Å². The average molecular weight is 341 g/mol. The molecule has 1 saturated carbocycles. The minimum absolute atomic E-state index is 0.0786. The highest BCUT2D eigenvalue weighted by Gasteiger charge is 2.32. The molecule has 1 unspecified atom stereocenters. The van der Waals surface area contributed by atoms with E-state index in [0.29, 0.717) is 10.0 Å². The molecule has 0 aromatic heterocycles. The van der Waals surface area contributed by atoms with Crippen molar-refractivity contribution in [3.05, 3.63) is 38.3 Å². The molecule has 1 aliphatic rings. The highest BCUT2D eigenvalue weighted by atomic mass is 79.9. The second-order valence-electron chi connectivity index (χ2n) is 6.00. The summed E-state index contributed by atoms with van der Waals surface area (Å²) in [5, 5.41) is 13.7. The molecule has 1 atom stereocenters. The van der Waals surface area contributed by atoms with E-state index in [9.17, 15) is 14.9 Å². The molecule has 2 rings (SSSR count). The molecule has 1 aliphatic carbocycles. The standard InChI is InChI=1S/C14H17BrN2O3/c1-14(2)6-5-9(8-14)16-13(18)11-7-10(17(19)20)3-4-12(11)15/h3-4,7,9H,5-6,8H2,1-2H3,(H,16,18). The van der Waals surface area contributed by atoms with E-state index < -0.39 is 4.92 Å². The molecule has 1 N–H and O–H groups in total. The maximum atomic E-state index is 12.2. The Morgan fingerprint density at radius 2 is 2.20 bits per heavy atom. The Kier molecular flexibility index (Phi) is 4.13. The van der Waals surface area contributed by atoms with Gasteiger partial charge in [0.25, 0.3) is 11.6 Å². The van der Waals surface area contributed by atoms with Gasteiger partial charge in [0.05, 0.1) is 10.5 Å². The predicted octanol–water partition coefficient (Wildman–Crippen LogP) is 3.67. The van der Waals surface area contributed by atoms with Crippen LogP contribution in [-0.4, -0.2) is 16.9 Å². The summed E-state index contributed by atoms with van der Waals surface area (Å²) in [7, 11) is 0. The van der Waals surface area contributed by atoms with E-state index in [4.69, 9.17) is 0 Å². The number of rotatable bonds is 3. The summed E-state index contributed by atoms with van der Waals surface area (Å²) in [6.07, 6.45) is 2.96. The Labute approximate surface area is 126 Å². The number of nitrogens with one attached hydrogen (secondary N) is 1. The van der Waals surface area contributed by atoms with E-state index >= 15 is 0 Å². The van der Waals surface area contributed by atoms with E-state index in [1.807, 2.05) is 0 Å². The van der Waals surface area contributed by atoms with Crippen LogP contribution in [0.1, 0.15) is 43.5 Å². The lowest BCUT2D eigenvalue weighted by Gasteiger charge is -2.18. The minimum Gasteiger partial charge on any atom is -0.349 e. The van der Waals surface area contributed by atoms with Gasteiger partial charge in [-0.1, -0.05) is 13.8 Å². The molecular formula is C14H17BrN2O3. The second-order valence-corrected chi connectivity index (χ2v) is 6.85. The minimum atomic E-state index is -0.498. The van der Waals surface area contributed by atoms with Crippen molar-refractivity contribution in [3.8, 4) is 0 Å². The largest absolute Gasteiger partial charge is 0.349 e. The monoisotopic (exact) mass is 340 g/mol. The number of nitro groups is 1. The summed E-state index contributed by atoms with van der Waals surface area (Å²) in [5.41, 5.74) is 0.478. The van der Waals surface area contributed by atoms with Crippen molar-refractivity contribution in [3.63, 3.8) is 0 Å². The van der Waals surface area contributed by atoms with Gasteiger partial charge in [0.2, 0.25) is 0 Å². The topological polar surface area (TPSA) is 72.2 Å². The normalized spacial score (nSPS) is 20.6. The van der Waals surface area contributed by atoms with Crippen molar-refractivity contribution in [2.75, 3.05) is 0 Å². The Balaban J connectivity index is 2.13. The molecule has 6 heteroatoms. The molecule has 0 saturated heterocycles. The van der Waals surface area contributed by atoms with Crippen LogP contribution < -0.4 is 5.32 Å². The number of benzene rings is 1. The summed E-state index contributed by atoms with van der Waals surface area (Å²) < 4.78 is 0.567. The Morgan fingerprint density at radius 1 is 1.50 bits per heavy atom. The van der Waals surface area contributed by atoms with E-state index in [-0.39, 0.29) is 23.1 Å². The number of nitro benzene ring substituents is 1. The molecule has 1 aromatic rings. The van der Waals surface area contributed by atoms with Gasteiger partial charge >= 0.3 is 0 Å². The quantitative estimate of drug-likeness (QED) is 0.673. The SMILES string of the molecule is CC1(C)CCC(NC(=O)c2cc([N+](=O)[O-])ccc2Br)C1. The van der Waals surface area contributed by atoms with Crippen molar-refractivity contribution in [2.24, 2.45) is 5.41 Å². The average Bonchev–Trinajstić information content (AvgIpc) is 2.68. The lowest BCUT2D eigenvalue weighted by atomic mass is 9.92. The maximum absolute atomic E-state index is 12.2. The first kappa shape index (κ1) is 15.0. The van der Waals surface area contributed by atoms with Gasteiger partial charge in [-0.2, -0.15) is 0 Å². The third-order valence-corrected chi connectivity index (χ3v) is 4.40. The highest BCUT2D eigenvalue weighted by Crippen LogP contribution is 2.37. The van der Waals surface area contributed by atoms with Gasteiger partial charge in [-0.25, -0.2) is 0 Å². The Bertz CT molecular complexity index is 557. The smallest absolute Gasteiger partial charge is 0.270 e. The fourth-order valence-corrected chi connectivity index (χ4v) is 3.05. The zero-order chi connectivity index (χ0) is 14.9. The lowest BCUT2D eigenvalue weighted by molar-refractivity contribution is -0.384. The van der Waals surface area contributed by atoms with E-state index in [1.54, 1.807) is 0 Å². The van der Waals surface area contributed by atoms with Crippen molar-refractivity contribution >= 4 is 27.5 Å². The Hall–Kier alpha value is -1.43. The van der Waals surface area contributed by atoms with E-state index in [1.165, 1.54) is 18.2 Å². The van der Waals surface area contributed by atoms with Gasteiger partial charge in [0.15, 0.2) is 0 Å². The summed E-state index contributed by atoms with van der Waals surface area (Å²) in [6.45, 7) is 4.37. The number of carbonyl (C=O) groups excluding carboxylic acids is 1. The second kappa shape index (κ2) is 5.52. The summed E-state index contributed by atoms with van der Waals surface area (Å²) >= 11 is 3.27. The molecular weight excluding hydrogens is 324 g/mol. The number of hydrogen-bond donors (Lipinski definition) is 1. The number of nitrogens with zero attached hydrogens (tertiary/aromatic N) is 1. The molecule has 1 fully saturated rings. The molecule has 1 amide bonds. The van der Waals surface area contributed by atoms with Gasteiger partial charge in [0.1, 0.15) is 0 Å². The molecule has 5 nitrogen and oxygen atoms in total. The third kappa shape index (κ3) is 3.36. The van der Waals surface area contributed by atoms with Crippen LogP contribution in [0.2, 0.25) is 0 Å². The molecule has 0 aliphatic heterocycles. The number of non-ortho nitro benzene ring substituents is 1. The summed E-state index contributed by atoms with van der Waals surface area (Å²) in [6, 6.07) is 4.36. The van der Waals surface area contributed by atoms with Crippen molar-refractivity contribution in [2.45, 2.75) is 39.2 Å². The Morgan fingerprint density at radius 3 is 2.75 bits per heavy atom. The fourth-order valence-electron chi connectivity index (χ4n) is 2.62. The van der Waals surface area contributed by atoms with Gasteiger partial charge in [0, 0.05) is 22.6 Å². The molecule has 20 heavy (non-hydrogen) atoms. The van der Waals surface area contributed by atoms with Crippen molar-refractivity contribution < 1.29 is 9.72 Å². The van der Waals surface area contributed by atoms with Crippen LogP contribution in [0.5, 0.6) is 0 Å². The maximum Gasteiger partial charge on any atom is 0.270 e. The molecule has 108 valence electrons. The number of carbonyl (C=O) groups is 1. The first-order chi connectivity index (χ1) is 9.28. The van der Waals surface area contributed by atoms with Crippen LogP contribution in [0.4, 0.5) is 5.69 Å². The van der Waals surface area contributed by atoms with E-state index in [0.717, 1.165) is 19.3 Å². The first-order valence-corrected chi connectivity index (χ1v) is 7.33. The van der Waals surface area contributed by atoms with Gasteiger partial charge in [-0.3, -0.25) is 14.9 Å². The predicted molar refractivity (Wildman–Crippen MR) is 79.7 cm³/mol. The highest BCUT2D eigenvalue weighted by molar-refractivity contribution is 9.10. The number of amides is 1. The van der Waals surface area contributed by atoms with E-state index in [2.05, 4.69) is 35.1 Å². The molecule has 0 bridgehead atoms. The molecule has 0 radical (unpaired) electrons. The first-order valence-electron chi connectivity index (χ1n) is 6.53. The molecule has 1 aromatic carbocycles. The van der Waals surface area contributed by atoms with Gasteiger partial charge < -0.3 is 5.32 Å². The van der Waals surface area contributed by atoms with Crippen LogP contribution in [0, 0.1) is 15.5 Å². The van der Waals surface area contributed by atoms with Crippen LogP contribution in [0.25, 0.3) is 0 Å². The molecule has 0 spiro atoms. The van der Waals surface area contributed by atoms with Gasteiger partial charge in [-0.05, 0) is 46.7 Å². The van der Waals surface area contributed by atoms with Crippen molar-refractivity contribution in [1.29, 1.82) is 0 Å². The number of halogens is 1. The van der Waals surface area contributed by atoms with Gasteiger partial charge in [-0.15, -0.1) is 0 Å².